The van der Waals surface area contributed by atoms with Crippen molar-refractivity contribution in [3.8, 4) is 11.5 Å². The zero-order valence-corrected chi connectivity index (χ0v) is 12.4. The topological polar surface area (TPSA) is 52.6 Å². The van der Waals surface area contributed by atoms with E-state index >= 15 is 0 Å². The van der Waals surface area contributed by atoms with Crippen LogP contribution >= 0.6 is 0 Å². The second-order valence-electron chi connectivity index (χ2n) is 4.67. The summed E-state index contributed by atoms with van der Waals surface area (Å²) in [5.41, 5.74) is 1.80. The average Bonchev–Trinajstić information content (AvgIpc) is 2.44. The predicted molar refractivity (Wildman–Crippen MR) is 84.4 cm³/mol. The molecule has 2 aromatic carbocycles. The maximum atomic E-state index is 11.1. The summed E-state index contributed by atoms with van der Waals surface area (Å²) in [7, 11) is 0. The molecule has 2 aromatic rings. The standard InChI is InChI=1S/C18H16O4/c1-13(19)21-17-10-16(11-18(12-17)22-14(2)20)9-8-15-6-4-3-5-7-15/h3-12H,1-2H3. The Hall–Kier alpha value is -2.88. The zero-order valence-electron chi connectivity index (χ0n) is 12.4. The van der Waals surface area contributed by atoms with Crippen LogP contribution in [0.1, 0.15) is 25.0 Å². The SMILES string of the molecule is CC(=O)Oc1cc(C=Cc2ccccc2)cc(OC(C)=O)c1. The minimum atomic E-state index is -0.432. The van der Waals surface area contributed by atoms with Gasteiger partial charge >= 0.3 is 11.9 Å². The van der Waals surface area contributed by atoms with E-state index < -0.39 is 11.9 Å². The summed E-state index contributed by atoms with van der Waals surface area (Å²) in [6.07, 6.45) is 3.78. The van der Waals surface area contributed by atoms with E-state index in [2.05, 4.69) is 0 Å². The third-order valence-corrected chi connectivity index (χ3v) is 2.69. The number of rotatable bonds is 4. The Kier molecular flexibility index (Phi) is 5.09. The van der Waals surface area contributed by atoms with Gasteiger partial charge in [0.05, 0.1) is 0 Å². The van der Waals surface area contributed by atoms with Gasteiger partial charge in [-0.3, -0.25) is 9.59 Å². The van der Waals surface area contributed by atoms with Crippen LogP contribution in [0.4, 0.5) is 0 Å². The lowest BCUT2D eigenvalue weighted by Gasteiger charge is -2.07. The van der Waals surface area contributed by atoms with Gasteiger partial charge < -0.3 is 9.47 Å². The molecule has 0 aliphatic heterocycles. The van der Waals surface area contributed by atoms with Gasteiger partial charge in [0, 0.05) is 19.9 Å². The van der Waals surface area contributed by atoms with E-state index in [9.17, 15) is 9.59 Å². The van der Waals surface area contributed by atoms with Crippen LogP contribution in [0.15, 0.2) is 48.5 Å². The molecular weight excluding hydrogens is 280 g/mol. The van der Waals surface area contributed by atoms with E-state index in [0.29, 0.717) is 11.5 Å². The fraction of sp³-hybridized carbons (Fsp3) is 0.111. The Morgan fingerprint density at radius 2 is 1.27 bits per heavy atom. The van der Waals surface area contributed by atoms with Crippen LogP contribution in [0, 0.1) is 0 Å². The second-order valence-corrected chi connectivity index (χ2v) is 4.67. The van der Waals surface area contributed by atoms with E-state index in [1.165, 1.54) is 19.9 Å². The van der Waals surface area contributed by atoms with Gasteiger partial charge in [0.1, 0.15) is 11.5 Å². The molecule has 0 aliphatic carbocycles. The predicted octanol–water partition coefficient (Wildman–Crippen LogP) is 3.71. The van der Waals surface area contributed by atoms with Gasteiger partial charge in [-0.2, -0.15) is 0 Å². The maximum absolute atomic E-state index is 11.1. The van der Waals surface area contributed by atoms with Crippen molar-refractivity contribution in [2.45, 2.75) is 13.8 Å². The van der Waals surface area contributed by atoms with Crippen LogP contribution in [0.3, 0.4) is 0 Å². The molecule has 0 radical (unpaired) electrons. The first-order chi connectivity index (χ1) is 10.5. The first-order valence-electron chi connectivity index (χ1n) is 6.78. The van der Waals surface area contributed by atoms with Crippen molar-refractivity contribution in [1.82, 2.24) is 0 Å². The number of esters is 2. The molecule has 22 heavy (non-hydrogen) atoms. The number of ether oxygens (including phenoxy) is 2. The summed E-state index contributed by atoms with van der Waals surface area (Å²) in [4.78, 5) is 22.2. The van der Waals surface area contributed by atoms with Crippen molar-refractivity contribution in [3.63, 3.8) is 0 Å². The van der Waals surface area contributed by atoms with Crippen LogP contribution in [-0.4, -0.2) is 11.9 Å². The molecule has 4 nitrogen and oxygen atoms in total. The van der Waals surface area contributed by atoms with E-state index in [-0.39, 0.29) is 0 Å². The molecule has 4 heteroatoms. The molecule has 0 saturated heterocycles. The van der Waals surface area contributed by atoms with E-state index in [0.717, 1.165) is 11.1 Å². The maximum Gasteiger partial charge on any atom is 0.308 e. The lowest BCUT2D eigenvalue weighted by atomic mass is 10.1. The summed E-state index contributed by atoms with van der Waals surface area (Å²) < 4.78 is 10.1. The molecule has 0 unspecified atom stereocenters. The Bertz CT molecular complexity index is 668. The quantitative estimate of drug-likeness (QED) is 0.490. The van der Waals surface area contributed by atoms with E-state index in [1.807, 2.05) is 42.5 Å². The lowest BCUT2D eigenvalue weighted by Crippen LogP contribution is -2.04. The molecule has 0 amide bonds. The van der Waals surface area contributed by atoms with Crippen molar-refractivity contribution >= 4 is 24.1 Å². The highest BCUT2D eigenvalue weighted by Gasteiger charge is 2.06. The average molecular weight is 296 g/mol. The number of benzene rings is 2. The normalized spacial score (nSPS) is 10.5. The van der Waals surface area contributed by atoms with E-state index in [1.54, 1.807) is 12.1 Å². The van der Waals surface area contributed by atoms with Gasteiger partial charge in [-0.15, -0.1) is 0 Å². The molecule has 0 aliphatic rings. The van der Waals surface area contributed by atoms with Crippen LogP contribution in [-0.2, 0) is 9.59 Å². The van der Waals surface area contributed by atoms with Gasteiger partial charge in [-0.1, -0.05) is 42.5 Å². The van der Waals surface area contributed by atoms with Crippen molar-refractivity contribution in [2.24, 2.45) is 0 Å². The first kappa shape index (κ1) is 15.5. The summed E-state index contributed by atoms with van der Waals surface area (Å²) in [6.45, 7) is 2.63. The lowest BCUT2D eigenvalue weighted by molar-refractivity contribution is -0.132. The molecular formula is C18H16O4. The van der Waals surface area contributed by atoms with Crippen LogP contribution in [0.25, 0.3) is 12.2 Å². The minimum Gasteiger partial charge on any atom is -0.427 e. The van der Waals surface area contributed by atoms with Gasteiger partial charge in [0.15, 0.2) is 0 Å². The van der Waals surface area contributed by atoms with Gasteiger partial charge in [-0.25, -0.2) is 0 Å². The largest absolute Gasteiger partial charge is 0.427 e. The number of carbonyl (C=O) groups excluding carboxylic acids is 2. The number of hydrogen-bond donors (Lipinski definition) is 0. The fourth-order valence-electron chi connectivity index (χ4n) is 1.90. The van der Waals surface area contributed by atoms with Crippen LogP contribution in [0.5, 0.6) is 11.5 Å². The molecule has 2 rings (SSSR count). The van der Waals surface area contributed by atoms with E-state index in [4.69, 9.17) is 9.47 Å². The highest BCUT2D eigenvalue weighted by molar-refractivity contribution is 5.75. The second kappa shape index (κ2) is 7.22. The van der Waals surface area contributed by atoms with Crippen LogP contribution in [0.2, 0.25) is 0 Å². The minimum absolute atomic E-state index is 0.332. The Morgan fingerprint density at radius 3 is 1.77 bits per heavy atom. The summed E-state index contributed by atoms with van der Waals surface area (Å²) in [5.74, 6) is -0.200. The molecule has 0 spiro atoms. The monoisotopic (exact) mass is 296 g/mol. The summed E-state index contributed by atoms with van der Waals surface area (Å²) in [5, 5.41) is 0. The zero-order chi connectivity index (χ0) is 15.9. The third-order valence-electron chi connectivity index (χ3n) is 2.69. The summed E-state index contributed by atoms with van der Waals surface area (Å²) in [6, 6.07) is 14.7. The van der Waals surface area contributed by atoms with Crippen molar-refractivity contribution in [1.29, 1.82) is 0 Å². The Labute approximate surface area is 129 Å². The van der Waals surface area contributed by atoms with Gasteiger partial charge in [0.2, 0.25) is 0 Å². The molecule has 0 atom stereocenters. The molecule has 112 valence electrons. The highest BCUT2D eigenvalue weighted by Crippen LogP contribution is 2.25. The molecule has 0 heterocycles. The van der Waals surface area contributed by atoms with Crippen molar-refractivity contribution < 1.29 is 19.1 Å². The fourth-order valence-corrected chi connectivity index (χ4v) is 1.90. The van der Waals surface area contributed by atoms with Crippen LogP contribution < -0.4 is 9.47 Å². The van der Waals surface area contributed by atoms with Gasteiger partial charge in [0.25, 0.3) is 0 Å². The Balaban J connectivity index is 2.30. The van der Waals surface area contributed by atoms with Crippen molar-refractivity contribution in [2.75, 3.05) is 0 Å². The van der Waals surface area contributed by atoms with Gasteiger partial charge in [-0.05, 0) is 23.3 Å². The molecule has 0 N–H and O–H groups in total. The molecule has 0 bridgehead atoms. The van der Waals surface area contributed by atoms with Crippen molar-refractivity contribution in [3.05, 3.63) is 59.7 Å². The molecule has 0 fully saturated rings. The first-order valence-corrected chi connectivity index (χ1v) is 6.78. The molecule has 0 saturated carbocycles. The Morgan fingerprint density at radius 1 is 0.773 bits per heavy atom. The number of hydrogen-bond acceptors (Lipinski definition) is 4. The number of carbonyl (C=O) groups is 2. The highest BCUT2D eigenvalue weighted by atomic mass is 16.5. The smallest absolute Gasteiger partial charge is 0.308 e. The third kappa shape index (κ3) is 4.90. The molecule has 0 aromatic heterocycles. The summed E-state index contributed by atoms with van der Waals surface area (Å²) >= 11 is 0.